The van der Waals surface area contributed by atoms with Crippen molar-refractivity contribution in [3.63, 3.8) is 0 Å². The molecule has 112 valence electrons. The second kappa shape index (κ2) is 6.39. The number of hydrogen-bond donors (Lipinski definition) is 0. The third kappa shape index (κ3) is 3.00. The Morgan fingerprint density at radius 3 is 2.71 bits per heavy atom. The maximum atomic E-state index is 12.8. The monoisotopic (exact) mass is 350 g/mol. The molecule has 21 heavy (non-hydrogen) atoms. The minimum absolute atomic E-state index is 0.0765. The third-order valence-electron chi connectivity index (χ3n) is 3.29. The summed E-state index contributed by atoms with van der Waals surface area (Å²) in [6.45, 7) is 8.47. The molecule has 2 aromatic heterocycles. The first-order valence-corrected chi connectivity index (χ1v) is 7.73. The molecule has 1 amide bonds. The number of carbonyl (C=O) groups excluding carboxylic acids is 1. The Bertz CT molecular complexity index is 651. The molecule has 0 aliphatic rings. The van der Waals surface area contributed by atoms with Gasteiger partial charge < -0.3 is 4.90 Å². The molecule has 0 saturated heterocycles. The number of halogens is 1. The van der Waals surface area contributed by atoms with Gasteiger partial charge in [-0.05, 0) is 55.8 Å². The van der Waals surface area contributed by atoms with Crippen LogP contribution in [0, 0.1) is 6.92 Å². The Kier molecular flexibility index (Phi) is 4.77. The van der Waals surface area contributed by atoms with Crippen molar-refractivity contribution in [1.82, 2.24) is 14.8 Å². The lowest BCUT2D eigenvalue weighted by molar-refractivity contribution is 0.0987. The van der Waals surface area contributed by atoms with Gasteiger partial charge in [0.25, 0.3) is 5.91 Å². The highest BCUT2D eigenvalue weighted by molar-refractivity contribution is 9.10. The molecule has 0 aromatic carbocycles. The lowest BCUT2D eigenvalue weighted by atomic mass is 10.2. The molecule has 0 aliphatic heterocycles. The summed E-state index contributed by atoms with van der Waals surface area (Å²) in [7, 11) is 0. The molecule has 6 heteroatoms. The summed E-state index contributed by atoms with van der Waals surface area (Å²) in [6, 6.07) is 3.94. The Morgan fingerprint density at radius 1 is 1.48 bits per heavy atom. The summed E-state index contributed by atoms with van der Waals surface area (Å²) in [5.41, 5.74) is 2.23. The van der Waals surface area contributed by atoms with E-state index < -0.39 is 0 Å². The molecule has 2 aromatic rings. The quantitative estimate of drug-likeness (QED) is 0.846. The van der Waals surface area contributed by atoms with Gasteiger partial charge in [-0.25, -0.2) is 0 Å². The number of carbonyl (C=O) groups is 1. The van der Waals surface area contributed by atoms with Crippen LogP contribution in [-0.2, 0) is 0 Å². The van der Waals surface area contributed by atoms with Crippen LogP contribution in [0.1, 0.15) is 42.9 Å². The van der Waals surface area contributed by atoms with Crippen LogP contribution in [0.3, 0.4) is 0 Å². The predicted molar refractivity (Wildman–Crippen MR) is 86.6 cm³/mol. The van der Waals surface area contributed by atoms with Crippen molar-refractivity contribution in [3.8, 4) is 0 Å². The minimum Gasteiger partial charge on any atom is -0.307 e. The lowest BCUT2D eigenvalue weighted by Crippen LogP contribution is -2.31. The summed E-state index contributed by atoms with van der Waals surface area (Å²) in [4.78, 5) is 18.8. The van der Waals surface area contributed by atoms with E-state index in [4.69, 9.17) is 0 Å². The van der Waals surface area contributed by atoms with Crippen molar-refractivity contribution in [3.05, 3.63) is 40.4 Å². The fraction of sp³-hybridized carbons (Fsp3) is 0.400. The molecular formula is C15H19BrN4O. The second-order valence-corrected chi connectivity index (χ2v) is 5.80. The lowest BCUT2D eigenvalue weighted by Gasteiger charge is -2.22. The van der Waals surface area contributed by atoms with Crippen LogP contribution >= 0.6 is 15.9 Å². The normalized spacial score (nSPS) is 11.0. The number of aromatic nitrogens is 3. The van der Waals surface area contributed by atoms with Gasteiger partial charge in [0.1, 0.15) is 4.60 Å². The van der Waals surface area contributed by atoms with E-state index in [-0.39, 0.29) is 11.9 Å². The molecule has 0 spiro atoms. The van der Waals surface area contributed by atoms with Crippen molar-refractivity contribution < 1.29 is 4.79 Å². The van der Waals surface area contributed by atoms with Crippen LogP contribution in [-0.4, -0.2) is 27.2 Å². The highest BCUT2D eigenvalue weighted by atomic mass is 79.9. The largest absolute Gasteiger partial charge is 0.307 e. The zero-order chi connectivity index (χ0) is 15.6. The molecule has 2 heterocycles. The molecule has 0 saturated carbocycles. The minimum atomic E-state index is -0.0765. The van der Waals surface area contributed by atoms with Gasteiger partial charge in [0.15, 0.2) is 0 Å². The van der Waals surface area contributed by atoms with Gasteiger partial charge in [-0.3, -0.25) is 14.5 Å². The highest BCUT2D eigenvalue weighted by Gasteiger charge is 2.23. The molecule has 0 fully saturated rings. The Labute approximate surface area is 133 Å². The van der Waals surface area contributed by atoms with Crippen LogP contribution in [0.4, 0.5) is 5.69 Å². The first kappa shape index (κ1) is 15.7. The molecule has 0 N–H and O–H groups in total. The molecular weight excluding hydrogens is 332 g/mol. The Hall–Kier alpha value is -1.69. The van der Waals surface area contributed by atoms with Crippen molar-refractivity contribution in [2.75, 3.05) is 11.4 Å². The molecule has 0 bridgehead atoms. The van der Waals surface area contributed by atoms with E-state index in [0.717, 1.165) is 11.4 Å². The first-order valence-electron chi connectivity index (χ1n) is 6.93. The van der Waals surface area contributed by atoms with E-state index in [1.54, 1.807) is 22.0 Å². The average Bonchev–Trinajstić information content (AvgIpc) is 2.83. The maximum absolute atomic E-state index is 12.8. The van der Waals surface area contributed by atoms with Crippen LogP contribution in [0.2, 0.25) is 0 Å². The smallest absolute Gasteiger partial charge is 0.262 e. The summed E-state index contributed by atoms with van der Waals surface area (Å²) in [5, 5.41) is 4.28. The Morgan fingerprint density at radius 2 is 2.19 bits per heavy atom. The van der Waals surface area contributed by atoms with E-state index in [0.29, 0.717) is 16.7 Å². The van der Waals surface area contributed by atoms with Gasteiger partial charge >= 0.3 is 0 Å². The molecule has 5 nitrogen and oxygen atoms in total. The number of pyridine rings is 1. The van der Waals surface area contributed by atoms with Gasteiger partial charge in [-0.15, -0.1) is 0 Å². The van der Waals surface area contributed by atoms with Crippen LogP contribution in [0.5, 0.6) is 0 Å². The van der Waals surface area contributed by atoms with Crippen LogP contribution < -0.4 is 4.90 Å². The van der Waals surface area contributed by atoms with E-state index in [1.807, 2.05) is 39.8 Å². The van der Waals surface area contributed by atoms with Gasteiger partial charge in [0, 0.05) is 18.8 Å². The number of hydrogen-bond acceptors (Lipinski definition) is 3. The van der Waals surface area contributed by atoms with Gasteiger partial charge in [-0.2, -0.15) is 5.10 Å². The summed E-state index contributed by atoms with van der Waals surface area (Å²) in [6.07, 6.45) is 3.34. The zero-order valence-corrected chi connectivity index (χ0v) is 14.3. The van der Waals surface area contributed by atoms with E-state index in [1.165, 1.54) is 0 Å². The number of nitrogens with zero attached hydrogens (tertiary/aromatic N) is 4. The number of anilines is 1. The highest BCUT2D eigenvalue weighted by Crippen LogP contribution is 2.25. The van der Waals surface area contributed by atoms with Gasteiger partial charge in [0.2, 0.25) is 0 Å². The fourth-order valence-electron chi connectivity index (χ4n) is 2.18. The predicted octanol–water partition coefficient (Wildman–Crippen LogP) is 3.60. The molecule has 0 radical (unpaired) electrons. The van der Waals surface area contributed by atoms with E-state index in [2.05, 4.69) is 26.0 Å². The Balaban J connectivity index is 2.40. The molecule has 0 unspecified atom stereocenters. The first-order chi connectivity index (χ1) is 9.97. The number of rotatable bonds is 4. The number of amides is 1. The van der Waals surface area contributed by atoms with Gasteiger partial charge in [0.05, 0.1) is 23.1 Å². The zero-order valence-electron chi connectivity index (χ0n) is 12.7. The van der Waals surface area contributed by atoms with Crippen molar-refractivity contribution in [2.45, 2.75) is 33.7 Å². The third-order valence-corrected chi connectivity index (χ3v) is 4.08. The molecule has 0 aliphatic carbocycles. The summed E-state index contributed by atoms with van der Waals surface area (Å²) in [5.74, 6) is -0.0765. The molecule has 2 rings (SSSR count). The standard InChI is InChI=1S/C15H19BrN4O/c1-5-19(13-7-6-8-17-11(13)4)15(21)12-9-18-20(10(2)3)14(12)16/h6-10H,5H2,1-4H3. The van der Waals surface area contributed by atoms with Crippen LogP contribution in [0.15, 0.2) is 29.1 Å². The number of aryl methyl sites for hydroxylation is 1. The van der Waals surface area contributed by atoms with Crippen molar-refractivity contribution in [1.29, 1.82) is 0 Å². The van der Waals surface area contributed by atoms with Crippen LogP contribution in [0.25, 0.3) is 0 Å². The van der Waals surface area contributed by atoms with E-state index >= 15 is 0 Å². The summed E-state index contributed by atoms with van der Waals surface area (Å²) < 4.78 is 2.50. The topological polar surface area (TPSA) is 51.0 Å². The fourth-order valence-corrected chi connectivity index (χ4v) is 2.95. The average molecular weight is 351 g/mol. The SMILES string of the molecule is CCN(C(=O)c1cnn(C(C)C)c1Br)c1cccnc1C. The second-order valence-electron chi connectivity index (χ2n) is 5.04. The van der Waals surface area contributed by atoms with Crippen molar-refractivity contribution in [2.24, 2.45) is 0 Å². The summed E-state index contributed by atoms with van der Waals surface area (Å²) >= 11 is 3.48. The maximum Gasteiger partial charge on any atom is 0.262 e. The molecule has 0 atom stereocenters. The van der Waals surface area contributed by atoms with Gasteiger partial charge in [-0.1, -0.05) is 0 Å². The van der Waals surface area contributed by atoms with E-state index in [9.17, 15) is 4.79 Å². The van der Waals surface area contributed by atoms with Crippen molar-refractivity contribution >= 4 is 27.5 Å².